The zero-order valence-corrected chi connectivity index (χ0v) is 11.0. The Bertz CT molecular complexity index is 449. The van der Waals surface area contributed by atoms with Gasteiger partial charge < -0.3 is 15.0 Å². The van der Waals surface area contributed by atoms with Gasteiger partial charge in [-0.1, -0.05) is 0 Å². The number of ether oxygens (including phenoxy) is 1. The first-order chi connectivity index (χ1) is 7.90. The second-order valence-electron chi connectivity index (χ2n) is 3.75. The summed E-state index contributed by atoms with van der Waals surface area (Å²) in [7, 11) is -0.416. The standard InChI is InChI=1S/C9H18N4O3S/c1-7-11-9(5-13(7)2)17(14,15)12-8(4-10)6-16-3/h5,8,12H,4,6,10H2,1-3H3. The Morgan fingerprint density at radius 1 is 1.65 bits per heavy atom. The van der Waals surface area contributed by atoms with Crippen LogP contribution in [0.1, 0.15) is 5.82 Å². The first kappa shape index (κ1) is 14.1. The van der Waals surface area contributed by atoms with Crippen LogP contribution in [0.4, 0.5) is 0 Å². The first-order valence-corrected chi connectivity index (χ1v) is 6.60. The molecule has 0 aliphatic carbocycles. The van der Waals surface area contributed by atoms with Crippen LogP contribution in [0.3, 0.4) is 0 Å². The predicted octanol–water partition coefficient (Wildman–Crippen LogP) is -1.02. The number of nitrogens with two attached hydrogens (primary N) is 1. The number of rotatable bonds is 6. The average molecular weight is 262 g/mol. The summed E-state index contributed by atoms with van der Waals surface area (Å²) in [5, 5.41) is -0.00736. The SMILES string of the molecule is COCC(CN)NS(=O)(=O)c1cn(C)c(C)n1. The number of aromatic nitrogens is 2. The van der Waals surface area contributed by atoms with Crippen molar-refractivity contribution >= 4 is 10.0 Å². The summed E-state index contributed by atoms with van der Waals surface area (Å²) in [5.41, 5.74) is 5.45. The van der Waals surface area contributed by atoms with Crippen LogP contribution < -0.4 is 10.5 Å². The number of hydrogen-bond acceptors (Lipinski definition) is 5. The van der Waals surface area contributed by atoms with Crippen molar-refractivity contribution in [3.8, 4) is 0 Å². The van der Waals surface area contributed by atoms with Crippen molar-refractivity contribution in [3.05, 3.63) is 12.0 Å². The van der Waals surface area contributed by atoms with E-state index in [0.29, 0.717) is 5.82 Å². The van der Waals surface area contributed by atoms with Crippen LogP contribution in [0, 0.1) is 6.92 Å². The molecule has 1 heterocycles. The number of imidazole rings is 1. The third-order valence-corrected chi connectivity index (χ3v) is 3.73. The normalized spacial score (nSPS) is 13.9. The highest BCUT2D eigenvalue weighted by molar-refractivity contribution is 7.89. The molecule has 0 saturated carbocycles. The molecule has 1 aromatic rings. The lowest BCUT2D eigenvalue weighted by atomic mass is 10.3. The highest BCUT2D eigenvalue weighted by Crippen LogP contribution is 2.08. The van der Waals surface area contributed by atoms with Crippen molar-refractivity contribution < 1.29 is 13.2 Å². The predicted molar refractivity (Wildman–Crippen MR) is 63.0 cm³/mol. The molecule has 17 heavy (non-hydrogen) atoms. The second-order valence-corrected chi connectivity index (χ2v) is 5.41. The lowest BCUT2D eigenvalue weighted by Gasteiger charge is -2.14. The lowest BCUT2D eigenvalue weighted by Crippen LogP contribution is -2.43. The summed E-state index contributed by atoms with van der Waals surface area (Å²) in [5.74, 6) is 0.626. The largest absolute Gasteiger partial charge is 0.383 e. The molecule has 98 valence electrons. The van der Waals surface area contributed by atoms with Crippen LogP contribution in [0.5, 0.6) is 0 Å². The Kier molecular flexibility index (Phi) is 4.63. The van der Waals surface area contributed by atoms with Crippen LogP contribution in [0.2, 0.25) is 0 Å². The monoisotopic (exact) mass is 262 g/mol. The Labute approximate surface area is 101 Å². The molecule has 0 aliphatic heterocycles. The maximum absolute atomic E-state index is 11.9. The summed E-state index contributed by atoms with van der Waals surface area (Å²) in [6.45, 7) is 2.12. The molecule has 0 saturated heterocycles. The Balaban J connectivity index is 2.88. The van der Waals surface area contributed by atoms with Crippen molar-refractivity contribution in [1.29, 1.82) is 0 Å². The van der Waals surface area contributed by atoms with Gasteiger partial charge >= 0.3 is 0 Å². The number of nitrogens with zero attached hydrogens (tertiary/aromatic N) is 2. The molecule has 0 aromatic carbocycles. The summed E-state index contributed by atoms with van der Waals surface area (Å²) >= 11 is 0. The Morgan fingerprint density at radius 2 is 2.29 bits per heavy atom. The van der Waals surface area contributed by atoms with Gasteiger partial charge in [-0.2, -0.15) is 0 Å². The van der Waals surface area contributed by atoms with E-state index in [4.69, 9.17) is 10.5 Å². The molecular weight excluding hydrogens is 244 g/mol. The van der Waals surface area contributed by atoms with E-state index in [0.717, 1.165) is 0 Å². The zero-order chi connectivity index (χ0) is 13.1. The third-order valence-electron chi connectivity index (χ3n) is 2.34. The maximum atomic E-state index is 11.9. The molecule has 0 bridgehead atoms. The molecule has 3 N–H and O–H groups in total. The summed E-state index contributed by atoms with van der Waals surface area (Å²) in [6.07, 6.45) is 1.46. The van der Waals surface area contributed by atoms with Crippen molar-refractivity contribution in [2.45, 2.75) is 18.0 Å². The average Bonchev–Trinajstić information content (AvgIpc) is 2.59. The van der Waals surface area contributed by atoms with Crippen LogP contribution in [0.25, 0.3) is 0 Å². The Morgan fingerprint density at radius 3 is 2.71 bits per heavy atom. The fourth-order valence-corrected chi connectivity index (χ4v) is 2.56. The van der Waals surface area contributed by atoms with Crippen molar-refractivity contribution in [2.75, 3.05) is 20.3 Å². The van der Waals surface area contributed by atoms with Gasteiger partial charge in [0.2, 0.25) is 0 Å². The van der Waals surface area contributed by atoms with E-state index in [-0.39, 0.29) is 18.2 Å². The van der Waals surface area contributed by atoms with E-state index in [2.05, 4.69) is 9.71 Å². The zero-order valence-electron chi connectivity index (χ0n) is 10.2. The molecule has 0 aliphatic rings. The molecule has 8 heteroatoms. The van der Waals surface area contributed by atoms with E-state index in [1.807, 2.05) is 0 Å². The third kappa shape index (κ3) is 3.50. The van der Waals surface area contributed by atoms with Crippen molar-refractivity contribution in [3.63, 3.8) is 0 Å². The topological polar surface area (TPSA) is 99.2 Å². The first-order valence-electron chi connectivity index (χ1n) is 5.12. The smallest absolute Gasteiger partial charge is 0.259 e. The Hall–Kier alpha value is -0.960. The molecule has 1 rings (SSSR count). The van der Waals surface area contributed by atoms with Gasteiger partial charge in [0.05, 0.1) is 12.6 Å². The molecule has 0 radical (unpaired) electrons. The van der Waals surface area contributed by atoms with Crippen molar-refractivity contribution in [1.82, 2.24) is 14.3 Å². The molecule has 1 unspecified atom stereocenters. The fraction of sp³-hybridized carbons (Fsp3) is 0.667. The minimum absolute atomic E-state index is 0.00736. The minimum Gasteiger partial charge on any atom is -0.383 e. The number of nitrogens with one attached hydrogen (secondary N) is 1. The van der Waals surface area contributed by atoms with E-state index in [1.54, 1.807) is 18.5 Å². The highest BCUT2D eigenvalue weighted by atomic mass is 32.2. The number of sulfonamides is 1. The van der Waals surface area contributed by atoms with Gasteiger partial charge in [-0.3, -0.25) is 0 Å². The van der Waals surface area contributed by atoms with E-state index < -0.39 is 16.1 Å². The minimum atomic E-state index is -3.64. The molecule has 0 fully saturated rings. The van der Waals surface area contributed by atoms with Crippen LogP contribution in [0.15, 0.2) is 11.2 Å². The van der Waals surface area contributed by atoms with Gasteiger partial charge in [0.1, 0.15) is 5.82 Å². The second kappa shape index (κ2) is 5.58. The molecular formula is C9H18N4O3S. The molecule has 1 atom stereocenters. The lowest BCUT2D eigenvalue weighted by molar-refractivity contribution is 0.177. The summed E-state index contributed by atoms with van der Waals surface area (Å²) < 4.78 is 32.8. The quantitative estimate of drug-likeness (QED) is 0.683. The van der Waals surface area contributed by atoms with Gasteiger partial charge in [-0.25, -0.2) is 18.1 Å². The van der Waals surface area contributed by atoms with E-state index in [1.165, 1.54) is 13.3 Å². The van der Waals surface area contributed by atoms with Gasteiger partial charge in [-0.05, 0) is 6.92 Å². The summed E-state index contributed by atoms with van der Waals surface area (Å²) in [4.78, 5) is 3.96. The van der Waals surface area contributed by atoms with Gasteiger partial charge in [-0.15, -0.1) is 0 Å². The number of aryl methyl sites for hydroxylation is 2. The van der Waals surface area contributed by atoms with E-state index >= 15 is 0 Å². The van der Waals surface area contributed by atoms with Gasteiger partial charge in [0.25, 0.3) is 10.0 Å². The van der Waals surface area contributed by atoms with E-state index in [9.17, 15) is 8.42 Å². The number of methoxy groups -OCH3 is 1. The van der Waals surface area contributed by atoms with Crippen LogP contribution >= 0.6 is 0 Å². The van der Waals surface area contributed by atoms with Gasteiger partial charge in [0, 0.05) is 26.9 Å². The van der Waals surface area contributed by atoms with Crippen LogP contribution in [-0.4, -0.2) is 44.3 Å². The highest BCUT2D eigenvalue weighted by Gasteiger charge is 2.22. The molecule has 0 amide bonds. The molecule has 1 aromatic heterocycles. The van der Waals surface area contributed by atoms with Gasteiger partial charge in [0.15, 0.2) is 5.03 Å². The number of hydrogen-bond donors (Lipinski definition) is 2. The molecule has 0 spiro atoms. The molecule has 7 nitrogen and oxygen atoms in total. The maximum Gasteiger partial charge on any atom is 0.259 e. The van der Waals surface area contributed by atoms with Crippen LogP contribution in [-0.2, 0) is 21.8 Å². The van der Waals surface area contributed by atoms with Crippen molar-refractivity contribution in [2.24, 2.45) is 12.8 Å². The summed E-state index contributed by atoms with van der Waals surface area (Å²) in [6, 6.07) is -0.452. The fourth-order valence-electron chi connectivity index (χ4n) is 1.29.